The van der Waals surface area contributed by atoms with Crippen molar-refractivity contribution in [2.75, 3.05) is 21.2 Å². The van der Waals surface area contributed by atoms with Crippen LogP contribution >= 0.6 is 0 Å². The summed E-state index contributed by atoms with van der Waals surface area (Å²) in [5.41, 5.74) is 1.27. The Labute approximate surface area is 109 Å². The van der Waals surface area contributed by atoms with E-state index in [0.29, 0.717) is 6.04 Å². The van der Waals surface area contributed by atoms with Crippen LogP contribution in [0.3, 0.4) is 0 Å². The molecule has 0 bridgehead atoms. The van der Waals surface area contributed by atoms with E-state index in [0.717, 1.165) is 18.7 Å². The Kier molecular flexibility index (Phi) is 3.92. The first-order chi connectivity index (χ1) is 8.65. The summed E-state index contributed by atoms with van der Waals surface area (Å²) < 4.78 is 7.58. The van der Waals surface area contributed by atoms with Crippen molar-refractivity contribution in [3.05, 3.63) is 30.5 Å². The van der Waals surface area contributed by atoms with E-state index in [2.05, 4.69) is 54.9 Å². The number of ether oxygens (including phenoxy) is 1. The fraction of sp³-hybridized carbons (Fsp3) is 0.467. The molecule has 1 aromatic heterocycles. The highest BCUT2D eigenvalue weighted by atomic mass is 16.5. The van der Waals surface area contributed by atoms with Gasteiger partial charge < -0.3 is 14.2 Å². The van der Waals surface area contributed by atoms with Crippen molar-refractivity contribution in [1.29, 1.82) is 0 Å². The SMILES string of the molecule is CC[C@H](Cn1ccc2cc(OC)ccc21)N(C)C. The Morgan fingerprint density at radius 1 is 1.28 bits per heavy atom. The van der Waals surface area contributed by atoms with Crippen LogP contribution < -0.4 is 4.74 Å². The van der Waals surface area contributed by atoms with E-state index < -0.39 is 0 Å². The highest BCUT2D eigenvalue weighted by Gasteiger charge is 2.11. The van der Waals surface area contributed by atoms with Crippen molar-refractivity contribution in [2.45, 2.75) is 25.9 Å². The van der Waals surface area contributed by atoms with E-state index in [4.69, 9.17) is 4.74 Å². The standard InChI is InChI=1S/C15H22N2O/c1-5-13(16(2)3)11-17-9-8-12-10-14(18-4)6-7-15(12)17/h6-10,13H,5,11H2,1-4H3/t13-/m1/s1. The average molecular weight is 246 g/mol. The van der Waals surface area contributed by atoms with Crippen molar-refractivity contribution in [1.82, 2.24) is 9.47 Å². The number of hydrogen-bond donors (Lipinski definition) is 0. The van der Waals surface area contributed by atoms with Gasteiger partial charge in [-0.2, -0.15) is 0 Å². The first-order valence-corrected chi connectivity index (χ1v) is 6.45. The third kappa shape index (κ3) is 2.51. The highest BCUT2D eigenvalue weighted by Crippen LogP contribution is 2.22. The van der Waals surface area contributed by atoms with Gasteiger partial charge in [-0.15, -0.1) is 0 Å². The topological polar surface area (TPSA) is 17.4 Å². The number of rotatable bonds is 5. The summed E-state index contributed by atoms with van der Waals surface area (Å²) in [7, 11) is 5.99. The lowest BCUT2D eigenvalue weighted by Crippen LogP contribution is -2.31. The van der Waals surface area contributed by atoms with Gasteiger partial charge in [0, 0.05) is 29.7 Å². The summed E-state index contributed by atoms with van der Waals surface area (Å²) in [4.78, 5) is 2.29. The third-order valence-electron chi connectivity index (χ3n) is 3.59. The molecule has 18 heavy (non-hydrogen) atoms. The van der Waals surface area contributed by atoms with Crippen molar-refractivity contribution in [3.8, 4) is 5.75 Å². The molecule has 2 aromatic rings. The van der Waals surface area contributed by atoms with Crippen LogP contribution in [-0.2, 0) is 6.54 Å². The molecular formula is C15H22N2O. The maximum atomic E-state index is 5.25. The number of aromatic nitrogens is 1. The lowest BCUT2D eigenvalue weighted by atomic mass is 10.2. The molecule has 0 saturated carbocycles. The van der Waals surface area contributed by atoms with Crippen LogP contribution in [0.15, 0.2) is 30.5 Å². The number of benzene rings is 1. The van der Waals surface area contributed by atoms with Crippen LogP contribution in [0, 0.1) is 0 Å². The zero-order chi connectivity index (χ0) is 13.1. The van der Waals surface area contributed by atoms with Crippen molar-refractivity contribution < 1.29 is 4.74 Å². The molecule has 0 aliphatic rings. The predicted molar refractivity (Wildman–Crippen MR) is 76.3 cm³/mol. The van der Waals surface area contributed by atoms with Gasteiger partial charge in [0.15, 0.2) is 0 Å². The fourth-order valence-corrected chi connectivity index (χ4v) is 2.35. The molecule has 2 rings (SSSR count). The predicted octanol–water partition coefficient (Wildman–Crippen LogP) is 2.99. The Balaban J connectivity index is 2.29. The number of fused-ring (bicyclic) bond motifs is 1. The van der Waals surface area contributed by atoms with E-state index >= 15 is 0 Å². The van der Waals surface area contributed by atoms with Crippen LogP contribution in [0.1, 0.15) is 13.3 Å². The molecule has 0 radical (unpaired) electrons. The summed E-state index contributed by atoms with van der Waals surface area (Å²) in [5, 5.41) is 1.24. The molecule has 0 saturated heterocycles. The maximum Gasteiger partial charge on any atom is 0.119 e. The van der Waals surface area contributed by atoms with Gasteiger partial charge in [-0.1, -0.05) is 6.92 Å². The highest BCUT2D eigenvalue weighted by molar-refractivity contribution is 5.81. The van der Waals surface area contributed by atoms with Crippen molar-refractivity contribution >= 4 is 10.9 Å². The van der Waals surface area contributed by atoms with E-state index in [-0.39, 0.29) is 0 Å². The number of methoxy groups -OCH3 is 1. The molecule has 3 heteroatoms. The van der Waals surface area contributed by atoms with Crippen LogP contribution in [0.2, 0.25) is 0 Å². The summed E-state index contributed by atoms with van der Waals surface area (Å²) in [6.07, 6.45) is 3.32. The van der Waals surface area contributed by atoms with Crippen molar-refractivity contribution in [2.24, 2.45) is 0 Å². The molecule has 0 N–H and O–H groups in total. The second-order valence-corrected chi connectivity index (χ2v) is 4.92. The number of nitrogens with zero attached hydrogens (tertiary/aromatic N) is 2. The lowest BCUT2D eigenvalue weighted by Gasteiger charge is -2.23. The van der Waals surface area contributed by atoms with Gasteiger partial charge in [-0.25, -0.2) is 0 Å². The van der Waals surface area contributed by atoms with Gasteiger partial charge in [0.25, 0.3) is 0 Å². The minimum atomic E-state index is 0.572. The third-order valence-corrected chi connectivity index (χ3v) is 3.59. The Bertz CT molecular complexity index is 516. The van der Waals surface area contributed by atoms with E-state index in [1.165, 1.54) is 10.9 Å². The van der Waals surface area contributed by atoms with Crippen LogP contribution in [0.5, 0.6) is 5.75 Å². The molecule has 1 heterocycles. The summed E-state index contributed by atoms with van der Waals surface area (Å²) in [6.45, 7) is 3.26. The molecule has 0 unspecified atom stereocenters. The minimum Gasteiger partial charge on any atom is -0.497 e. The first-order valence-electron chi connectivity index (χ1n) is 6.45. The summed E-state index contributed by atoms with van der Waals surface area (Å²) in [6, 6.07) is 8.97. The second-order valence-electron chi connectivity index (χ2n) is 4.92. The summed E-state index contributed by atoms with van der Waals surface area (Å²) >= 11 is 0. The Morgan fingerprint density at radius 3 is 2.67 bits per heavy atom. The van der Waals surface area contributed by atoms with Gasteiger partial charge in [0.2, 0.25) is 0 Å². The van der Waals surface area contributed by atoms with Gasteiger partial charge in [-0.05, 0) is 44.8 Å². The van der Waals surface area contributed by atoms with Gasteiger partial charge in [-0.3, -0.25) is 0 Å². The largest absolute Gasteiger partial charge is 0.497 e. The summed E-state index contributed by atoms with van der Waals surface area (Å²) in [5.74, 6) is 0.917. The van der Waals surface area contributed by atoms with E-state index in [9.17, 15) is 0 Å². The molecule has 3 nitrogen and oxygen atoms in total. The molecule has 1 atom stereocenters. The van der Waals surface area contributed by atoms with Crippen LogP contribution in [0.4, 0.5) is 0 Å². The average Bonchev–Trinajstić information content (AvgIpc) is 2.77. The maximum absolute atomic E-state index is 5.25. The molecule has 1 aromatic carbocycles. The zero-order valence-electron chi connectivity index (χ0n) is 11.7. The van der Waals surface area contributed by atoms with Gasteiger partial charge in [0.1, 0.15) is 5.75 Å². The number of likely N-dealkylation sites (N-methyl/N-ethyl adjacent to an activating group) is 1. The van der Waals surface area contributed by atoms with Crippen LogP contribution in [-0.4, -0.2) is 36.7 Å². The molecule has 0 amide bonds. The Hall–Kier alpha value is -1.48. The quantitative estimate of drug-likeness (QED) is 0.807. The molecule has 0 spiro atoms. The van der Waals surface area contributed by atoms with Gasteiger partial charge in [0.05, 0.1) is 7.11 Å². The molecular weight excluding hydrogens is 224 g/mol. The molecule has 0 aliphatic heterocycles. The fourth-order valence-electron chi connectivity index (χ4n) is 2.35. The van der Waals surface area contributed by atoms with Crippen LogP contribution in [0.25, 0.3) is 10.9 Å². The smallest absolute Gasteiger partial charge is 0.119 e. The monoisotopic (exact) mass is 246 g/mol. The normalized spacial score (nSPS) is 13.2. The zero-order valence-corrected chi connectivity index (χ0v) is 11.7. The Morgan fingerprint density at radius 2 is 2.06 bits per heavy atom. The molecule has 0 aliphatic carbocycles. The van der Waals surface area contributed by atoms with Crippen molar-refractivity contribution in [3.63, 3.8) is 0 Å². The van der Waals surface area contributed by atoms with E-state index in [1.54, 1.807) is 7.11 Å². The van der Waals surface area contributed by atoms with E-state index in [1.807, 2.05) is 6.07 Å². The molecule has 98 valence electrons. The minimum absolute atomic E-state index is 0.572. The van der Waals surface area contributed by atoms with Gasteiger partial charge >= 0.3 is 0 Å². The second kappa shape index (κ2) is 5.44. The number of hydrogen-bond acceptors (Lipinski definition) is 2. The molecule has 0 fully saturated rings. The first kappa shape index (κ1) is 13.0. The lowest BCUT2D eigenvalue weighted by molar-refractivity contribution is 0.259.